The first kappa shape index (κ1) is 22.6. The van der Waals surface area contributed by atoms with E-state index in [0.717, 1.165) is 11.4 Å². The lowest BCUT2D eigenvalue weighted by Gasteiger charge is -2.32. The van der Waals surface area contributed by atoms with Crippen LogP contribution in [0.25, 0.3) is 0 Å². The summed E-state index contributed by atoms with van der Waals surface area (Å²) in [5.74, 6) is 1.30. The van der Waals surface area contributed by atoms with Crippen LogP contribution in [0, 0.1) is 5.92 Å². The van der Waals surface area contributed by atoms with Crippen LogP contribution in [-0.4, -0.2) is 43.5 Å². The van der Waals surface area contributed by atoms with Crippen LogP contribution in [0.3, 0.4) is 0 Å². The first-order chi connectivity index (χ1) is 16.1. The maximum absolute atomic E-state index is 13.2. The van der Waals surface area contributed by atoms with Gasteiger partial charge in [-0.1, -0.05) is 30.3 Å². The van der Waals surface area contributed by atoms with Gasteiger partial charge in [0.15, 0.2) is 0 Å². The molecule has 0 aliphatic carbocycles. The molecule has 0 unspecified atom stereocenters. The average Bonchev–Trinajstić information content (AvgIpc) is 3.37. The molecule has 2 amide bonds. The predicted octanol–water partition coefficient (Wildman–Crippen LogP) is 4.17. The Morgan fingerprint density at radius 3 is 2.45 bits per heavy atom. The first-order valence-corrected chi connectivity index (χ1v) is 11.2. The van der Waals surface area contributed by atoms with Crippen molar-refractivity contribution in [2.45, 2.75) is 19.4 Å². The van der Waals surface area contributed by atoms with Gasteiger partial charge >= 0.3 is 0 Å². The summed E-state index contributed by atoms with van der Waals surface area (Å²) in [7, 11) is 1.59. The molecule has 3 aromatic rings. The molecule has 1 aromatic heterocycles. The van der Waals surface area contributed by atoms with E-state index in [-0.39, 0.29) is 17.7 Å². The van der Waals surface area contributed by atoms with Gasteiger partial charge in [0.1, 0.15) is 11.5 Å². The second kappa shape index (κ2) is 10.8. The molecule has 1 aliphatic rings. The zero-order chi connectivity index (χ0) is 23.0. The van der Waals surface area contributed by atoms with Gasteiger partial charge < -0.3 is 19.4 Å². The fourth-order valence-electron chi connectivity index (χ4n) is 4.10. The number of furan rings is 1. The summed E-state index contributed by atoms with van der Waals surface area (Å²) in [6, 6.07) is 20.7. The summed E-state index contributed by atoms with van der Waals surface area (Å²) in [5, 5.41) is 2.98. The summed E-state index contributed by atoms with van der Waals surface area (Å²) >= 11 is 0. The molecule has 0 spiro atoms. The molecular formula is C26H29N3O4. The summed E-state index contributed by atoms with van der Waals surface area (Å²) in [6.07, 6.45) is 3.03. The summed E-state index contributed by atoms with van der Waals surface area (Å²) < 4.78 is 10.8. The van der Waals surface area contributed by atoms with Gasteiger partial charge in [0.25, 0.3) is 0 Å². The van der Waals surface area contributed by atoms with E-state index in [9.17, 15) is 9.59 Å². The van der Waals surface area contributed by atoms with E-state index in [0.29, 0.717) is 50.5 Å². The molecule has 7 heteroatoms. The van der Waals surface area contributed by atoms with Gasteiger partial charge in [-0.05, 0) is 62.3 Å². The number of benzene rings is 2. The molecule has 1 saturated heterocycles. The van der Waals surface area contributed by atoms with Crippen molar-refractivity contribution in [3.05, 3.63) is 78.8 Å². The normalized spacial score (nSPS) is 14.6. The molecule has 7 nitrogen and oxygen atoms in total. The van der Waals surface area contributed by atoms with E-state index in [2.05, 4.69) is 10.2 Å². The second-order valence-electron chi connectivity index (χ2n) is 8.13. The number of anilines is 2. The van der Waals surface area contributed by atoms with Crippen LogP contribution in [-0.2, 0) is 16.1 Å². The Morgan fingerprint density at radius 2 is 1.76 bits per heavy atom. The SMILES string of the molecule is COc1ccccc1NC(=O)C1CCN(CC(=O)N(Cc2ccco2)c2ccccc2)CC1. The Morgan fingerprint density at radius 1 is 1.03 bits per heavy atom. The topological polar surface area (TPSA) is 75.0 Å². The van der Waals surface area contributed by atoms with Gasteiger partial charge in [-0.15, -0.1) is 0 Å². The first-order valence-electron chi connectivity index (χ1n) is 11.2. The fraction of sp³-hybridized carbons (Fsp3) is 0.308. The smallest absolute Gasteiger partial charge is 0.241 e. The van der Waals surface area contributed by atoms with E-state index < -0.39 is 0 Å². The van der Waals surface area contributed by atoms with E-state index in [1.165, 1.54) is 0 Å². The standard InChI is InChI=1S/C26H29N3O4/c1-32-24-12-6-5-11-23(24)27-26(31)20-13-15-28(16-14-20)19-25(30)29(18-22-10-7-17-33-22)21-8-3-2-4-9-21/h2-12,17,20H,13-16,18-19H2,1H3,(H,27,31). The quantitative estimate of drug-likeness (QED) is 0.561. The molecule has 172 valence electrons. The molecule has 2 heterocycles. The number of carbonyl (C=O) groups is 2. The molecule has 2 aromatic carbocycles. The minimum atomic E-state index is -0.0883. The Labute approximate surface area is 193 Å². The third-order valence-corrected chi connectivity index (χ3v) is 5.95. The number of likely N-dealkylation sites (tertiary alicyclic amines) is 1. The van der Waals surface area contributed by atoms with Crippen LogP contribution in [0.2, 0.25) is 0 Å². The third kappa shape index (κ3) is 5.81. The number of carbonyl (C=O) groups excluding carboxylic acids is 2. The average molecular weight is 448 g/mol. The van der Waals surface area contributed by atoms with Crippen molar-refractivity contribution in [1.29, 1.82) is 0 Å². The zero-order valence-electron chi connectivity index (χ0n) is 18.8. The number of hydrogen-bond acceptors (Lipinski definition) is 5. The van der Waals surface area contributed by atoms with E-state index in [4.69, 9.17) is 9.15 Å². The van der Waals surface area contributed by atoms with Crippen molar-refractivity contribution >= 4 is 23.2 Å². The number of para-hydroxylation sites is 3. The molecule has 1 fully saturated rings. The van der Waals surface area contributed by atoms with Gasteiger partial charge in [-0.25, -0.2) is 0 Å². The van der Waals surface area contributed by atoms with Crippen LogP contribution in [0.15, 0.2) is 77.4 Å². The summed E-state index contributed by atoms with van der Waals surface area (Å²) in [6.45, 7) is 2.07. The second-order valence-corrected chi connectivity index (χ2v) is 8.13. The number of nitrogens with one attached hydrogen (secondary N) is 1. The minimum absolute atomic E-state index is 0.00536. The van der Waals surface area contributed by atoms with Crippen molar-refractivity contribution in [1.82, 2.24) is 4.90 Å². The fourth-order valence-corrected chi connectivity index (χ4v) is 4.10. The molecule has 0 atom stereocenters. The minimum Gasteiger partial charge on any atom is -0.495 e. The number of piperidine rings is 1. The highest BCUT2D eigenvalue weighted by Crippen LogP contribution is 2.26. The van der Waals surface area contributed by atoms with Crippen LogP contribution in [0.1, 0.15) is 18.6 Å². The van der Waals surface area contributed by atoms with Crippen LogP contribution >= 0.6 is 0 Å². The molecule has 0 saturated carbocycles. The largest absolute Gasteiger partial charge is 0.495 e. The molecule has 33 heavy (non-hydrogen) atoms. The summed E-state index contributed by atoms with van der Waals surface area (Å²) in [5.41, 5.74) is 1.52. The Balaban J connectivity index is 1.33. The predicted molar refractivity (Wildman–Crippen MR) is 127 cm³/mol. The van der Waals surface area contributed by atoms with Crippen molar-refractivity contribution in [3.63, 3.8) is 0 Å². The number of nitrogens with zero attached hydrogens (tertiary/aromatic N) is 2. The Bertz CT molecular complexity index is 1040. The Hall–Kier alpha value is -3.58. The highest BCUT2D eigenvalue weighted by atomic mass is 16.5. The van der Waals surface area contributed by atoms with Gasteiger partial charge in [0.05, 0.1) is 32.1 Å². The van der Waals surface area contributed by atoms with Gasteiger partial charge in [-0.2, -0.15) is 0 Å². The monoisotopic (exact) mass is 447 g/mol. The van der Waals surface area contributed by atoms with Crippen molar-refractivity contribution in [3.8, 4) is 5.75 Å². The molecular weight excluding hydrogens is 418 g/mol. The lowest BCUT2D eigenvalue weighted by molar-refractivity contribution is -0.122. The Kier molecular flexibility index (Phi) is 7.42. The van der Waals surface area contributed by atoms with Crippen molar-refractivity contribution in [2.75, 3.05) is 37.0 Å². The maximum Gasteiger partial charge on any atom is 0.241 e. The molecule has 1 aliphatic heterocycles. The molecule has 4 rings (SSSR count). The summed E-state index contributed by atoms with van der Waals surface area (Å²) in [4.78, 5) is 29.8. The van der Waals surface area contributed by atoms with Crippen LogP contribution in [0.4, 0.5) is 11.4 Å². The van der Waals surface area contributed by atoms with E-state index in [1.54, 1.807) is 18.3 Å². The highest BCUT2D eigenvalue weighted by molar-refractivity contribution is 5.95. The van der Waals surface area contributed by atoms with Gasteiger partial charge in [0.2, 0.25) is 11.8 Å². The number of rotatable bonds is 8. The lowest BCUT2D eigenvalue weighted by atomic mass is 9.95. The molecule has 0 radical (unpaired) electrons. The molecule has 1 N–H and O–H groups in total. The van der Waals surface area contributed by atoms with Crippen molar-refractivity contribution < 1.29 is 18.7 Å². The third-order valence-electron chi connectivity index (χ3n) is 5.95. The van der Waals surface area contributed by atoms with Crippen LogP contribution in [0.5, 0.6) is 5.75 Å². The van der Waals surface area contributed by atoms with E-state index in [1.807, 2.05) is 66.7 Å². The van der Waals surface area contributed by atoms with Gasteiger partial charge in [0, 0.05) is 11.6 Å². The number of amides is 2. The highest BCUT2D eigenvalue weighted by Gasteiger charge is 2.28. The zero-order valence-corrected chi connectivity index (χ0v) is 18.8. The number of ether oxygens (including phenoxy) is 1. The van der Waals surface area contributed by atoms with E-state index >= 15 is 0 Å². The van der Waals surface area contributed by atoms with Crippen molar-refractivity contribution in [2.24, 2.45) is 5.92 Å². The number of hydrogen-bond donors (Lipinski definition) is 1. The molecule has 0 bridgehead atoms. The van der Waals surface area contributed by atoms with Crippen LogP contribution < -0.4 is 15.0 Å². The number of methoxy groups -OCH3 is 1. The lowest BCUT2D eigenvalue weighted by Crippen LogP contribution is -2.44. The van der Waals surface area contributed by atoms with Gasteiger partial charge in [-0.3, -0.25) is 14.5 Å². The maximum atomic E-state index is 13.2.